The predicted octanol–water partition coefficient (Wildman–Crippen LogP) is 2.81. The van der Waals surface area contributed by atoms with Gasteiger partial charge >= 0.3 is 0 Å². The number of nitrogens with zero attached hydrogens (tertiary/aromatic N) is 2. The van der Waals surface area contributed by atoms with E-state index in [0.29, 0.717) is 23.3 Å². The first-order chi connectivity index (χ1) is 13.6. The van der Waals surface area contributed by atoms with Crippen LogP contribution in [0, 0.1) is 5.92 Å². The van der Waals surface area contributed by atoms with Gasteiger partial charge in [-0.15, -0.1) is 0 Å². The Kier molecular flexibility index (Phi) is 7.20. The first kappa shape index (κ1) is 20.5. The number of amides is 1. The monoisotopic (exact) mass is 385 g/mol. The summed E-state index contributed by atoms with van der Waals surface area (Å²) in [5.41, 5.74) is 4.43. The second kappa shape index (κ2) is 9.82. The highest BCUT2D eigenvalue weighted by Gasteiger charge is 2.31. The number of unbranched alkanes of at least 4 members (excludes halogenated alkanes) is 3. The maximum atomic E-state index is 13.2. The summed E-state index contributed by atoms with van der Waals surface area (Å²) in [6.07, 6.45) is 8.57. The van der Waals surface area contributed by atoms with Gasteiger partial charge in [0.05, 0.1) is 23.5 Å². The number of hydrogen-bond donors (Lipinski definition) is 2. The van der Waals surface area contributed by atoms with Crippen molar-refractivity contribution in [2.24, 2.45) is 5.92 Å². The Morgan fingerprint density at radius 1 is 1.21 bits per heavy atom. The van der Waals surface area contributed by atoms with Crippen LogP contribution < -0.4 is 11.3 Å². The molecule has 0 bridgehead atoms. The Labute approximate surface area is 166 Å². The van der Waals surface area contributed by atoms with Crippen LogP contribution in [0.1, 0.15) is 70.2 Å². The van der Waals surface area contributed by atoms with Crippen LogP contribution in [-0.2, 0) is 4.79 Å². The van der Waals surface area contributed by atoms with Gasteiger partial charge in [-0.2, -0.15) is 0 Å². The fourth-order valence-corrected chi connectivity index (χ4v) is 4.16. The van der Waals surface area contributed by atoms with Crippen LogP contribution in [0.25, 0.3) is 10.9 Å². The third-order valence-electron chi connectivity index (χ3n) is 5.88. The van der Waals surface area contributed by atoms with Crippen molar-refractivity contribution in [1.29, 1.82) is 0 Å². The molecule has 1 atom stereocenters. The molecule has 0 saturated heterocycles. The molecule has 6 nitrogen and oxygen atoms in total. The lowest BCUT2D eigenvalue weighted by molar-refractivity contribution is -0.368. The molecule has 1 aromatic carbocycles. The summed E-state index contributed by atoms with van der Waals surface area (Å²) in [6, 6.07) is 7.11. The van der Waals surface area contributed by atoms with Crippen molar-refractivity contribution in [1.82, 2.24) is 14.9 Å². The lowest BCUT2D eigenvalue weighted by Crippen LogP contribution is -2.50. The van der Waals surface area contributed by atoms with Gasteiger partial charge in [0.15, 0.2) is 0 Å². The lowest BCUT2D eigenvalue weighted by atomic mass is 10.0. The molecule has 1 aliphatic rings. The van der Waals surface area contributed by atoms with E-state index in [1.165, 1.54) is 0 Å². The second-order valence-electron chi connectivity index (χ2n) is 7.93. The number of quaternary nitrogens is 1. The standard InChI is InChI=1S/C22H32N4O2/c1-16(20-24-19-13-7-6-12-18(19)21(27)25-20)26(15-9-3-2-8-14-23)22(28)17-10-4-5-11-17/h6-7,12-13,16-17H,2-5,8-11,14-15,23H2,1H3,(H,24,25,27)/p+1/t16-/m1/s1. The topological polar surface area (TPSA) is 93.7 Å². The molecule has 1 amide bonds. The molecule has 1 saturated carbocycles. The summed E-state index contributed by atoms with van der Waals surface area (Å²) in [7, 11) is 0. The van der Waals surface area contributed by atoms with Crippen LogP contribution in [0.3, 0.4) is 0 Å². The van der Waals surface area contributed by atoms with E-state index in [1.54, 1.807) is 6.07 Å². The molecule has 1 fully saturated rings. The Hall–Kier alpha value is -2.21. The molecule has 0 unspecified atom stereocenters. The van der Waals surface area contributed by atoms with Gasteiger partial charge in [0, 0.05) is 12.5 Å². The number of para-hydroxylation sites is 1. The Balaban J connectivity index is 1.81. The highest BCUT2D eigenvalue weighted by Crippen LogP contribution is 2.30. The number of aromatic nitrogens is 2. The van der Waals surface area contributed by atoms with Gasteiger partial charge in [-0.1, -0.05) is 31.4 Å². The van der Waals surface area contributed by atoms with Crippen molar-refractivity contribution < 1.29 is 10.5 Å². The summed E-state index contributed by atoms with van der Waals surface area (Å²) in [5.74, 6) is 0.917. The van der Waals surface area contributed by atoms with Crippen molar-refractivity contribution >= 4 is 16.8 Å². The van der Waals surface area contributed by atoms with Crippen LogP contribution in [0.15, 0.2) is 29.1 Å². The normalized spacial score (nSPS) is 15.8. The third kappa shape index (κ3) is 4.79. The molecule has 152 valence electrons. The zero-order valence-corrected chi connectivity index (χ0v) is 17.0. The smallest absolute Gasteiger partial charge is 0.258 e. The van der Waals surface area contributed by atoms with Crippen molar-refractivity contribution in [2.45, 2.75) is 64.3 Å². The SMILES string of the molecule is C[C@H](c1nc2ccccc2c(=O)[nH]1)N(CCCCCC[NH3+])C(=O)C1CCCC1. The number of aromatic amines is 1. The average Bonchev–Trinajstić information content (AvgIpc) is 3.25. The molecule has 2 aromatic rings. The minimum absolute atomic E-state index is 0.120. The van der Waals surface area contributed by atoms with Gasteiger partial charge in [-0.3, -0.25) is 9.59 Å². The van der Waals surface area contributed by atoms with Crippen molar-refractivity contribution in [3.8, 4) is 0 Å². The van der Waals surface area contributed by atoms with Crippen molar-refractivity contribution in [2.75, 3.05) is 13.1 Å². The number of nitrogens with one attached hydrogen (secondary N) is 1. The number of rotatable bonds is 9. The zero-order chi connectivity index (χ0) is 19.9. The average molecular weight is 386 g/mol. The molecule has 0 spiro atoms. The highest BCUT2D eigenvalue weighted by atomic mass is 16.2. The minimum Gasteiger partial charge on any atom is -0.358 e. The summed E-state index contributed by atoms with van der Waals surface area (Å²) >= 11 is 0. The number of hydrogen-bond acceptors (Lipinski definition) is 3. The number of H-pyrrole nitrogens is 1. The van der Waals surface area contributed by atoms with E-state index in [9.17, 15) is 9.59 Å². The first-order valence-electron chi connectivity index (χ1n) is 10.7. The molecule has 0 radical (unpaired) electrons. The predicted molar refractivity (Wildman–Crippen MR) is 111 cm³/mol. The molecule has 28 heavy (non-hydrogen) atoms. The molecule has 4 N–H and O–H groups in total. The largest absolute Gasteiger partial charge is 0.358 e. The number of carbonyl (C=O) groups excluding carboxylic acids is 1. The van der Waals surface area contributed by atoms with Crippen molar-refractivity contribution in [3.63, 3.8) is 0 Å². The molecular formula is C22H33N4O2+. The van der Waals surface area contributed by atoms with Gasteiger partial charge in [0.1, 0.15) is 5.82 Å². The second-order valence-corrected chi connectivity index (χ2v) is 7.93. The van der Waals surface area contributed by atoms with Crippen LogP contribution >= 0.6 is 0 Å². The zero-order valence-electron chi connectivity index (χ0n) is 17.0. The van der Waals surface area contributed by atoms with E-state index >= 15 is 0 Å². The molecule has 0 aliphatic heterocycles. The van der Waals surface area contributed by atoms with Crippen LogP contribution in [-0.4, -0.2) is 33.9 Å². The van der Waals surface area contributed by atoms with E-state index in [0.717, 1.165) is 57.9 Å². The number of fused-ring (bicyclic) bond motifs is 1. The van der Waals surface area contributed by atoms with Crippen LogP contribution in [0.4, 0.5) is 0 Å². The first-order valence-corrected chi connectivity index (χ1v) is 10.7. The van der Waals surface area contributed by atoms with Crippen LogP contribution in [0.5, 0.6) is 0 Å². The molecule has 1 aromatic heterocycles. The van der Waals surface area contributed by atoms with Gasteiger partial charge < -0.3 is 15.6 Å². The summed E-state index contributed by atoms with van der Waals surface area (Å²) in [4.78, 5) is 35.2. The summed E-state index contributed by atoms with van der Waals surface area (Å²) in [5, 5.41) is 0.584. The third-order valence-corrected chi connectivity index (χ3v) is 5.88. The number of benzene rings is 1. The quantitative estimate of drug-likeness (QED) is 0.650. The lowest BCUT2D eigenvalue weighted by Gasteiger charge is -2.31. The summed E-state index contributed by atoms with van der Waals surface area (Å²) in [6.45, 7) is 3.66. The van der Waals surface area contributed by atoms with Crippen LogP contribution in [0.2, 0.25) is 0 Å². The minimum atomic E-state index is -0.238. The Morgan fingerprint density at radius 3 is 2.68 bits per heavy atom. The van der Waals surface area contributed by atoms with E-state index in [1.807, 2.05) is 30.0 Å². The van der Waals surface area contributed by atoms with Gasteiger partial charge in [0.25, 0.3) is 5.56 Å². The molecule has 1 heterocycles. The van der Waals surface area contributed by atoms with E-state index in [4.69, 9.17) is 0 Å². The van der Waals surface area contributed by atoms with E-state index in [2.05, 4.69) is 15.7 Å². The van der Waals surface area contributed by atoms with Gasteiger partial charge in [-0.25, -0.2) is 4.98 Å². The summed E-state index contributed by atoms with van der Waals surface area (Å²) < 4.78 is 0. The maximum absolute atomic E-state index is 13.2. The van der Waals surface area contributed by atoms with E-state index in [-0.39, 0.29) is 23.4 Å². The fraction of sp³-hybridized carbons (Fsp3) is 0.591. The number of carbonyl (C=O) groups is 1. The van der Waals surface area contributed by atoms with Gasteiger partial charge in [-0.05, 0) is 51.2 Å². The van der Waals surface area contributed by atoms with E-state index < -0.39 is 0 Å². The maximum Gasteiger partial charge on any atom is 0.258 e. The molecular weight excluding hydrogens is 352 g/mol. The molecule has 1 aliphatic carbocycles. The molecule has 3 rings (SSSR count). The van der Waals surface area contributed by atoms with Crippen molar-refractivity contribution in [3.05, 3.63) is 40.4 Å². The highest BCUT2D eigenvalue weighted by molar-refractivity contribution is 5.80. The Morgan fingerprint density at radius 2 is 1.93 bits per heavy atom. The van der Waals surface area contributed by atoms with Gasteiger partial charge in [0.2, 0.25) is 5.91 Å². The Bertz CT molecular complexity index is 842. The molecule has 6 heteroatoms. The fourth-order valence-electron chi connectivity index (χ4n) is 4.16.